The fourth-order valence-corrected chi connectivity index (χ4v) is 3.40. The van der Waals surface area contributed by atoms with Crippen LogP contribution in [0.1, 0.15) is 15.5 Å². The van der Waals surface area contributed by atoms with E-state index in [2.05, 4.69) is 10.3 Å². The van der Waals surface area contributed by atoms with Crippen LogP contribution < -0.4 is 5.32 Å². The Kier molecular flexibility index (Phi) is 4.26. The SMILES string of the molecule is O=C(NCCc1nc2cccnc2n1-c1ccccc1)c1cccs1. The summed E-state index contributed by atoms with van der Waals surface area (Å²) in [5.41, 5.74) is 2.70. The van der Waals surface area contributed by atoms with Gasteiger partial charge in [-0.05, 0) is 35.7 Å². The van der Waals surface area contributed by atoms with E-state index in [4.69, 9.17) is 4.98 Å². The largest absolute Gasteiger partial charge is 0.351 e. The molecule has 1 N–H and O–H groups in total. The predicted molar refractivity (Wildman–Crippen MR) is 99.2 cm³/mol. The molecule has 1 aromatic carbocycles. The lowest BCUT2D eigenvalue weighted by molar-refractivity contribution is 0.0958. The van der Waals surface area contributed by atoms with Gasteiger partial charge in [-0.25, -0.2) is 9.97 Å². The maximum atomic E-state index is 12.1. The highest BCUT2D eigenvalue weighted by Gasteiger charge is 2.13. The summed E-state index contributed by atoms with van der Waals surface area (Å²) in [5, 5.41) is 4.85. The van der Waals surface area contributed by atoms with E-state index in [1.807, 2.05) is 64.5 Å². The summed E-state index contributed by atoms with van der Waals surface area (Å²) in [5.74, 6) is 0.835. The fraction of sp³-hybridized carbons (Fsp3) is 0.105. The summed E-state index contributed by atoms with van der Waals surface area (Å²) >= 11 is 1.44. The maximum absolute atomic E-state index is 12.1. The first-order valence-electron chi connectivity index (χ1n) is 8.02. The zero-order valence-corrected chi connectivity index (χ0v) is 14.2. The summed E-state index contributed by atoms with van der Waals surface area (Å²) < 4.78 is 2.05. The Morgan fingerprint density at radius 2 is 1.96 bits per heavy atom. The van der Waals surface area contributed by atoms with Crippen LogP contribution in [0.5, 0.6) is 0 Å². The number of rotatable bonds is 5. The van der Waals surface area contributed by atoms with E-state index < -0.39 is 0 Å². The second-order valence-electron chi connectivity index (χ2n) is 5.53. The van der Waals surface area contributed by atoms with E-state index in [0.717, 1.165) is 27.6 Å². The molecule has 0 radical (unpaired) electrons. The van der Waals surface area contributed by atoms with E-state index in [0.29, 0.717) is 13.0 Å². The third-order valence-corrected chi connectivity index (χ3v) is 4.75. The number of fused-ring (bicyclic) bond motifs is 1. The van der Waals surface area contributed by atoms with Gasteiger partial charge in [0.25, 0.3) is 5.91 Å². The number of aromatic nitrogens is 3. The van der Waals surface area contributed by atoms with Gasteiger partial charge in [0.2, 0.25) is 0 Å². The Hall–Kier alpha value is -2.99. The number of imidazole rings is 1. The van der Waals surface area contributed by atoms with Gasteiger partial charge in [0, 0.05) is 24.8 Å². The van der Waals surface area contributed by atoms with E-state index in [9.17, 15) is 4.79 Å². The molecular formula is C19H16N4OS. The Labute approximate surface area is 149 Å². The van der Waals surface area contributed by atoms with Gasteiger partial charge < -0.3 is 5.32 Å². The molecule has 0 atom stereocenters. The Balaban J connectivity index is 1.60. The summed E-state index contributed by atoms with van der Waals surface area (Å²) in [6.45, 7) is 0.521. The van der Waals surface area contributed by atoms with Crippen LogP contribution in [0, 0.1) is 0 Å². The Morgan fingerprint density at radius 3 is 2.76 bits per heavy atom. The lowest BCUT2D eigenvalue weighted by Crippen LogP contribution is -2.25. The summed E-state index contributed by atoms with van der Waals surface area (Å²) in [6.07, 6.45) is 2.40. The molecule has 0 fully saturated rings. The monoisotopic (exact) mass is 348 g/mol. The lowest BCUT2D eigenvalue weighted by Gasteiger charge is -2.09. The van der Waals surface area contributed by atoms with Gasteiger partial charge in [0.15, 0.2) is 5.65 Å². The number of thiophene rings is 1. The molecule has 0 aliphatic carbocycles. The number of carbonyl (C=O) groups excluding carboxylic acids is 1. The van der Waals surface area contributed by atoms with Crippen LogP contribution in [-0.2, 0) is 6.42 Å². The molecule has 4 aromatic rings. The molecule has 6 heteroatoms. The number of pyridine rings is 1. The molecule has 5 nitrogen and oxygen atoms in total. The van der Waals surface area contributed by atoms with Gasteiger partial charge in [-0.2, -0.15) is 0 Å². The summed E-state index contributed by atoms with van der Waals surface area (Å²) in [4.78, 5) is 22.0. The molecule has 0 spiro atoms. The van der Waals surface area contributed by atoms with Crippen molar-refractivity contribution >= 4 is 28.4 Å². The van der Waals surface area contributed by atoms with Gasteiger partial charge >= 0.3 is 0 Å². The van der Waals surface area contributed by atoms with E-state index in [1.165, 1.54) is 11.3 Å². The van der Waals surface area contributed by atoms with Crippen LogP contribution in [0.4, 0.5) is 0 Å². The molecule has 0 aliphatic rings. The highest BCUT2D eigenvalue weighted by Crippen LogP contribution is 2.19. The molecule has 4 rings (SSSR count). The minimum atomic E-state index is -0.0458. The third-order valence-electron chi connectivity index (χ3n) is 3.88. The van der Waals surface area contributed by atoms with Gasteiger partial charge in [0.05, 0.1) is 4.88 Å². The smallest absolute Gasteiger partial charge is 0.261 e. The molecule has 0 bridgehead atoms. The lowest BCUT2D eigenvalue weighted by atomic mass is 10.3. The van der Waals surface area contributed by atoms with Crippen LogP contribution >= 0.6 is 11.3 Å². The molecule has 0 saturated carbocycles. The molecular weight excluding hydrogens is 332 g/mol. The normalized spacial score (nSPS) is 10.9. The molecule has 0 saturated heterocycles. The number of nitrogens with zero attached hydrogens (tertiary/aromatic N) is 3. The summed E-state index contributed by atoms with van der Waals surface area (Å²) in [6, 6.07) is 17.6. The minimum absolute atomic E-state index is 0.0458. The number of nitrogens with one attached hydrogen (secondary N) is 1. The third kappa shape index (κ3) is 3.16. The Morgan fingerprint density at radius 1 is 1.08 bits per heavy atom. The van der Waals surface area contributed by atoms with Gasteiger partial charge in [0.1, 0.15) is 11.3 Å². The first-order valence-corrected chi connectivity index (χ1v) is 8.90. The molecule has 0 unspecified atom stereocenters. The average molecular weight is 348 g/mol. The number of amides is 1. The van der Waals surface area contributed by atoms with Gasteiger partial charge in [-0.15, -0.1) is 11.3 Å². The number of hydrogen-bond donors (Lipinski definition) is 1. The maximum Gasteiger partial charge on any atom is 0.261 e. The van der Waals surface area contributed by atoms with Crippen molar-refractivity contribution in [3.63, 3.8) is 0 Å². The zero-order valence-electron chi connectivity index (χ0n) is 13.4. The van der Waals surface area contributed by atoms with Gasteiger partial charge in [-0.3, -0.25) is 9.36 Å². The minimum Gasteiger partial charge on any atom is -0.351 e. The number of benzene rings is 1. The van der Waals surface area contributed by atoms with Crippen molar-refractivity contribution in [2.24, 2.45) is 0 Å². The molecule has 3 aromatic heterocycles. The van der Waals surface area contributed by atoms with Crippen LogP contribution in [0.15, 0.2) is 66.2 Å². The number of carbonyl (C=O) groups is 1. The van der Waals surface area contributed by atoms with Crippen molar-refractivity contribution < 1.29 is 4.79 Å². The van der Waals surface area contributed by atoms with E-state index in [1.54, 1.807) is 6.20 Å². The van der Waals surface area contributed by atoms with Gasteiger partial charge in [-0.1, -0.05) is 24.3 Å². The summed E-state index contributed by atoms with van der Waals surface area (Å²) in [7, 11) is 0. The van der Waals surface area contributed by atoms with Crippen LogP contribution in [0.2, 0.25) is 0 Å². The first kappa shape index (κ1) is 15.5. The molecule has 0 aliphatic heterocycles. The quantitative estimate of drug-likeness (QED) is 0.601. The number of hydrogen-bond acceptors (Lipinski definition) is 4. The van der Waals surface area contributed by atoms with Crippen molar-refractivity contribution in [1.82, 2.24) is 19.9 Å². The van der Waals surface area contributed by atoms with Crippen LogP contribution in [0.3, 0.4) is 0 Å². The average Bonchev–Trinajstić information content (AvgIpc) is 3.30. The number of para-hydroxylation sites is 1. The second kappa shape index (κ2) is 6.86. The van der Waals surface area contributed by atoms with E-state index >= 15 is 0 Å². The van der Waals surface area contributed by atoms with Crippen LogP contribution in [-0.4, -0.2) is 27.0 Å². The highest BCUT2D eigenvalue weighted by atomic mass is 32.1. The molecule has 1 amide bonds. The topological polar surface area (TPSA) is 59.8 Å². The van der Waals surface area contributed by atoms with Crippen molar-refractivity contribution in [3.8, 4) is 5.69 Å². The molecule has 25 heavy (non-hydrogen) atoms. The zero-order chi connectivity index (χ0) is 17.1. The first-order chi connectivity index (χ1) is 12.3. The second-order valence-corrected chi connectivity index (χ2v) is 6.48. The van der Waals surface area contributed by atoms with Crippen molar-refractivity contribution in [3.05, 3.63) is 76.9 Å². The standard InChI is InChI=1S/C19H16N4OS/c24-19(16-9-5-13-25-16)21-12-10-17-22-15-8-4-11-20-18(15)23(17)14-6-2-1-3-7-14/h1-9,11,13H,10,12H2,(H,21,24). The highest BCUT2D eigenvalue weighted by molar-refractivity contribution is 7.12. The Bertz CT molecular complexity index is 993. The fourth-order valence-electron chi connectivity index (χ4n) is 2.76. The van der Waals surface area contributed by atoms with Crippen molar-refractivity contribution in [2.45, 2.75) is 6.42 Å². The van der Waals surface area contributed by atoms with E-state index in [-0.39, 0.29) is 5.91 Å². The van der Waals surface area contributed by atoms with Crippen LogP contribution in [0.25, 0.3) is 16.9 Å². The van der Waals surface area contributed by atoms with Crippen molar-refractivity contribution in [2.75, 3.05) is 6.54 Å². The molecule has 3 heterocycles. The molecule has 124 valence electrons. The predicted octanol–water partition coefficient (Wildman–Crippen LogP) is 3.45. The van der Waals surface area contributed by atoms with Crippen molar-refractivity contribution in [1.29, 1.82) is 0 Å².